The molecule has 0 bridgehead atoms. The van der Waals surface area contributed by atoms with Crippen molar-refractivity contribution >= 4 is 38.4 Å². The van der Waals surface area contributed by atoms with Crippen LogP contribution in [0.25, 0.3) is 10.9 Å². The number of carbonyl (C=O) groups excluding carboxylic acids is 1. The second kappa shape index (κ2) is 8.43. The molecule has 2 aliphatic rings. The summed E-state index contributed by atoms with van der Waals surface area (Å²) in [6, 6.07) is 11.7. The van der Waals surface area contributed by atoms with Crippen molar-refractivity contribution in [2.45, 2.75) is 25.7 Å². The normalized spacial score (nSPS) is 18.3. The molecule has 4 nitrogen and oxygen atoms in total. The van der Waals surface area contributed by atoms with Crippen LogP contribution in [0.5, 0.6) is 0 Å². The van der Waals surface area contributed by atoms with Gasteiger partial charge in [-0.25, -0.2) is 8.78 Å². The van der Waals surface area contributed by atoms with Gasteiger partial charge in [0, 0.05) is 54.0 Å². The van der Waals surface area contributed by atoms with E-state index in [1.807, 2.05) is 29.2 Å². The van der Waals surface area contributed by atoms with Crippen LogP contribution in [0.3, 0.4) is 0 Å². The Hall–Kier alpha value is -2.54. The molecule has 32 heavy (non-hydrogen) atoms. The molecule has 0 saturated carbocycles. The van der Waals surface area contributed by atoms with E-state index in [1.165, 1.54) is 12.1 Å². The van der Waals surface area contributed by atoms with Gasteiger partial charge in [0.05, 0.1) is 11.1 Å². The molecule has 2 aliphatic heterocycles. The van der Waals surface area contributed by atoms with Crippen molar-refractivity contribution in [1.29, 1.82) is 0 Å². The first-order valence-electron chi connectivity index (χ1n) is 11.0. The van der Waals surface area contributed by atoms with Crippen LogP contribution in [0.2, 0.25) is 0 Å². The molecule has 1 amide bonds. The Balaban J connectivity index is 1.24. The Labute approximate surface area is 194 Å². The first-order valence-corrected chi connectivity index (χ1v) is 11.8. The van der Waals surface area contributed by atoms with Crippen LogP contribution in [-0.4, -0.2) is 42.0 Å². The van der Waals surface area contributed by atoms with Crippen LogP contribution in [0.4, 0.5) is 14.5 Å². The van der Waals surface area contributed by atoms with Gasteiger partial charge in [-0.3, -0.25) is 9.78 Å². The molecule has 0 radical (unpaired) electrons. The lowest BCUT2D eigenvalue weighted by molar-refractivity contribution is 0.0516. The van der Waals surface area contributed by atoms with Crippen molar-refractivity contribution < 1.29 is 13.6 Å². The van der Waals surface area contributed by atoms with Gasteiger partial charge in [-0.05, 0) is 67.5 Å². The maximum atomic E-state index is 13.6. The van der Waals surface area contributed by atoms with E-state index in [2.05, 4.69) is 25.8 Å². The molecule has 0 N–H and O–H groups in total. The molecule has 0 atom stereocenters. The zero-order valence-electron chi connectivity index (χ0n) is 17.7. The van der Waals surface area contributed by atoms with Crippen LogP contribution in [0.15, 0.2) is 53.1 Å². The van der Waals surface area contributed by atoms with Crippen LogP contribution in [0, 0.1) is 17.0 Å². The Morgan fingerprint density at radius 3 is 2.34 bits per heavy atom. The van der Waals surface area contributed by atoms with Crippen molar-refractivity contribution in [3.05, 3.63) is 70.3 Å². The molecule has 2 fully saturated rings. The number of piperidine rings is 2. The van der Waals surface area contributed by atoms with E-state index in [1.54, 1.807) is 12.3 Å². The molecule has 7 heteroatoms. The predicted octanol–water partition coefficient (Wildman–Crippen LogP) is 5.80. The number of rotatable bonds is 2. The molecular formula is C25H24BrF2N3O. The smallest absolute Gasteiger partial charge is 0.254 e. The summed E-state index contributed by atoms with van der Waals surface area (Å²) in [5.41, 5.74) is 2.47. The lowest BCUT2D eigenvalue weighted by Gasteiger charge is -2.47. The van der Waals surface area contributed by atoms with Gasteiger partial charge in [-0.1, -0.05) is 15.9 Å². The number of fused-ring (bicyclic) bond motifs is 1. The third-order valence-corrected chi connectivity index (χ3v) is 7.63. The molecule has 1 spiro atoms. The zero-order chi connectivity index (χ0) is 22.3. The quantitative estimate of drug-likeness (QED) is 0.447. The highest BCUT2D eigenvalue weighted by atomic mass is 79.9. The summed E-state index contributed by atoms with van der Waals surface area (Å²) >= 11 is 3.49. The number of likely N-dealkylation sites (tertiary alicyclic amines) is 1. The van der Waals surface area contributed by atoms with E-state index in [-0.39, 0.29) is 11.3 Å². The fourth-order valence-corrected chi connectivity index (χ4v) is 5.44. The van der Waals surface area contributed by atoms with Crippen LogP contribution >= 0.6 is 15.9 Å². The van der Waals surface area contributed by atoms with Crippen LogP contribution in [0.1, 0.15) is 36.0 Å². The molecule has 166 valence electrons. The number of hydrogen-bond acceptors (Lipinski definition) is 3. The van der Waals surface area contributed by atoms with Gasteiger partial charge in [-0.15, -0.1) is 0 Å². The number of hydrogen-bond donors (Lipinski definition) is 0. The van der Waals surface area contributed by atoms with Crippen molar-refractivity contribution in [3.63, 3.8) is 0 Å². The first-order chi connectivity index (χ1) is 15.4. The molecule has 0 unspecified atom stereocenters. The third kappa shape index (κ3) is 3.98. The average molecular weight is 500 g/mol. The summed E-state index contributed by atoms with van der Waals surface area (Å²) in [5.74, 6) is -1.55. The standard InChI is InChI=1S/C25H24BrF2N3O/c26-17-1-4-23-20(15-17)19(5-10-29-23)24(32)31-13-8-25(9-14-31)6-11-30(12-7-25)18-2-3-21(27)22(28)16-18/h1-5,10,15-16H,6-9,11-14H2. The summed E-state index contributed by atoms with van der Waals surface area (Å²) in [4.78, 5) is 21.8. The number of halogens is 3. The van der Waals surface area contributed by atoms with Gasteiger partial charge in [0.25, 0.3) is 5.91 Å². The Morgan fingerprint density at radius 1 is 0.906 bits per heavy atom. The minimum Gasteiger partial charge on any atom is -0.371 e. The topological polar surface area (TPSA) is 36.4 Å². The molecule has 2 aromatic carbocycles. The van der Waals surface area contributed by atoms with E-state index < -0.39 is 11.6 Å². The fourth-order valence-electron chi connectivity index (χ4n) is 5.08. The van der Waals surface area contributed by atoms with Crippen molar-refractivity contribution in [3.8, 4) is 0 Å². The zero-order valence-corrected chi connectivity index (χ0v) is 19.2. The molecule has 1 aromatic heterocycles. The van der Waals surface area contributed by atoms with Gasteiger partial charge in [0.15, 0.2) is 11.6 Å². The van der Waals surface area contributed by atoms with Gasteiger partial charge >= 0.3 is 0 Å². The van der Waals surface area contributed by atoms with Crippen LogP contribution < -0.4 is 4.90 Å². The number of benzene rings is 2. The Kier molecular flexibility index (Phi) is 5.61. The molecular weight excluding hydrogens is 476 g/mol. The van der Waals surface area contributed by atoms with E-state index in [4.69, 9.17) is 0 Å². The second-order valence-electron chi connectivity index (χ2n) is 8.90. The van der Waals surface area contributed by atoms with Gasteiger partial charge in [0.2, 0.25) is 0 Å². The lowest BCUT2D eigenvalue weighted by atomic mass is 9.71. The highest BCUT2D eigenvalue weighted by molar-refractivity contribution is 9.10. The van der Waals surface area contributed by atoms with Crippen molar-refractivity contribution in [1.82, 2.24) is 9.88 Å². The summed E-state index contributed by atoms with van der Waals surface area (Å²) in [7, 11) is 0. The van der Waals surface area contributed by atoms with Crippen molar-refractivity contribution in [2.24, 2.45) is 5.41 Å². The molecule has 2 saturated heterocycles. The average Bonchev–Trinajstić information content (AvgIpc) is 2.81. The number of amides is 1. The number of anilines is 1. The molecule has 5 rings (SSSR count). The maximum Gasteiger partial charge on any atom is 0.254 e. The summed E-state index contributed by atoms with van der Waals surface area (Å²) in [6.07, 6.45) is 5.63. The fraction of sp³-hybridized carbons (Fsp3) is 0.360. The van der Waals surface area contributed by atoms with E-state index in [0.29, 0.717) is 5.56 Å². The SMILES string of the molecule is O=C(c1ccnc2ccc(Br)cc12)N1CCC2(CC1)CCN(c1ccc(F)c(F)c1)CC2. The van der Waals surface area contributed by atoms with Gasteiger partial charge < -0.3 is 9.80 Å². The monoisotopic (exact) mass is 499 g/mol. The second-order valence-corrected chi connectivity index (χ2v) is 9.81. The van der Waals surface area contributed by atoms with E-state index >= 15 is 0 Å². The minimum atomic E-state index is -0.811. The number of nitrogens with zero attached hydrogens (tertiary/aromatic N) is 3. The lowest BCUT2D eigenvalue weighted by Crippen LogP contribution is -2.48. The number of carbonyl (C=O) groups is 1. The summed E-state index contributed by atoms with van der Waals surface area (Å²) < 4.78 is 27.8. The molecule has 3 heterocycles. The molecule has 3 aromatic rings. The Bertz CT molecular complexity index is 1170. The Morgan fingerprint density at radius 2 is 1.62 bits per heavy atom. The molecule has 0 aliphatic carbocycles. The van der Waals surface area contributed by atoms with Gasteiger partial charge in [-0.2, -0.15) is 0 Å². The highest BCUT2D eigenvalue weighted by Gasteiger charge is 2.39. The maximum absolute atomic E-state index is 13.6. The predicted molar refractivity (Wildman–Crippen MR) is 125 cm³/mol. The highest BCUT2D eigenvalue weighted by Crippen LogP contribution is 2.42. The summed E-state index contributed by atoms with van der Waals surface area (Å²) in [6.45, 7) is 3.12. The third-order valence-electron chi connectivity index (χ3n) is 7.14. The first kappa shape index (κ1) is 21.3. The van der Waals surface area contributed by atoms with Crippen molar-refractivity contribution in [2.75, 3.05) is 31.1 Å². The minimum absolute atomic E-state index is 0.0598. The van der Waals surface area contributed by atoms with E-state index in [0.717, 1.165) is 72.9 Å². The number of aromatic nitrogens is 1. The number of pyridine rings is 1. The van der Waals surface area contributed by atoms with Gasteiger partial charge in [0.1, 0.15) is 0 Å². The van der Waals surface area contributed by atoms with E-state index in [9.17, 15) is 13.6 Å². The summed E-state index contributed by atoms with van der Waals surface area (Å²) in [5, 5.41) is 0.868. The largest absolute Gasteiger partial charge is 0.371 e. The van der Waals surface area contributed by atoms with Crippen LogP contribution in [-0.2, 0) is 0 Å².